The predicted octanol–water partition coefficient (Wildman–Crippen LogP) is 13.1. The summed E-state index contributed by atoms with van der Waals surface area (Å²) in [4.78, 5) is 0. The van der Waals surface area contributed by atoms with Crippen molar-refractivity contribution in [3.63, 3.8) is 0 Å². The second-order valence-corrected chi connectivity index (χ2v) is 13.3. The van der Waals surface area contributed by atoms with E-state index < -0.39 is 0 Å². The van der Waals surface area contributed by atoms with Gasteiger partial charge in [0.2, 0.25) is 0 Å². The van der Waals surface area contributed by atoms with Crippen molar-refractivity contribution in [2.24, 2.45) is 0 Å². The third-order valence-corrected chi connectivity index (χ3v) is 10.5. The van der Waals surface area contributed by atoms with Gasteiger partial charge in [-0.3, -0.25) is 0 Å². The Labute approximate surface area is 293 Å². The average Bonchev–Trinajstić information content (AvgIpc) is 3.86. The molecule has 0 bridgehead atoms. The van der Waals surface area contributed by atoms with Crippen molar-refractivity contribution in [1.29, 1.82) is 0 Å². The molecule has 0 fully saturated rings. The SMILES string of the molecule is c1ccc(-c2cccc(-n3c4ccccc4c4c3ccc3c5ccccc5n(-c5ccc(-c6cccc7oc8ccccc8c67)cc5)c34)c2)cc1. The molecule has 51 heavy (non-hydrogen) atoms. The number of furan rings is 1. The lowest BCUT2D eigenvalue weighted by molar-refractivity contribution is 0.669. The Hall–Kier alpha value is -6.84. The zero-order valence-electron chi connectivity index (χ0n) is 27.6. The molecule has 11 aromatic rings. The molecule has 0 atom stereocenters. The Balaban J connectivity index is 1.16. The van der Waals surface area contributed by atoms with Crippen LogP contribution in [0, 0.1) is 0 Å². The molecule has 238 valence electrons. The van der Waals surface area contributed by atoms with Crippen LogP contribution in [0.2, 0.25) is 0 Å². The summed E-state index contributed by atoms with van der Waals surface area (Å²) < 4.78 is 11.1. The van der Waals surface area contributed by atoms with Crippen molar-refractivity contribution in [3.8, 4) is 33.6 Å². The minimum absolute atomic E-state index is 0.910. The van der Waals surface area contributed by atoms with Gasteiger partial charge < -0.3 is 13.6 Å². The molecule has 3 heteroatoms. The van der Waals surface area contributed by atoms with Gasteiger partial charge in [0.15, 0.2) is 0 Å². The number of hydrogen-bond donors (Lipinski definition) is 0. The number of nitrogens with zero attached hydrogens (tertiary/aromatic N) is 2. The molecule has 0 aliphatic heterocycles. The summed E-state index contributed by atoms with van der Waals surface area (Å²) in [7, 11) is 0. The van der Waals surface area contributed by atoms with E-state index >= 15 is 0 Å². The van der Waals surface area contributed by atoms with E-state index in [0.29, 0.717) is 0 Å². The maximum atomic E-state index is 6.23. The third-order valence-electron chi connectivity index (χ3n) is 10.5. The van der Waals surface area contributed by atoms with Crippen LogP contribution in [0.15, 0.2) is 186 Å². The molecule has 0 radical (unpaired) electrons. The fourth-order valence-electron chi connectivity index (χ4n) is 8.32. The summed E-state index contributed by atoms with van der Waals surface area (Å²) >= 11 is 0. The van der Waals surface area contributed by atoms with E-state index in [-0.39, 0.29) is 0 Å². The van der Waals surface area contributed by atoms with Crippen LogP contribution in [0.3, 0.4) is 0 Å². The van der Waals surface area contributed by atoms with E-state index in [1.807, 2.05) is 12.1 Å². The Bertz CT molecular complexity index is 3120. The zero-order chi connectivity index (χ0) is 33.5. The lowest BCUT2D eigenvalue weighted by Gasteiger charge is -2.12. The zero-order valence-corrected chi connectivity index (χ0v) is 27.6. The fourth-order valence-corrected chi connectivity index (χ4v) is 8.32. The summed E-state index contributed by atoms with van der Waals surface area (Å²) in [5.41, 5.74) is 13.6. The molecule has 3 aromatic heterocycles. The van der Waals surface area contributed by atoms with E-state index in [4.69, 9.17) is 4.42 Å². The van der Waals surface area contributed by atoms with Gasteiger partial charge in [-0.05, 0) is 76.9 Å². The molecule has 0 saturated heterocycles. The first-order valence-electron chi connectivity index (χ1n) is 17.4. The van der Waals surface area contributed by atoms with Crippen molar-refractivity contribution in [3.05, 3.63) is 182 Å². The molecular formula is C48H30N2O. The number of aromatic nitrogens is 2. The first kappa shape index (κ1) is 28.0. The quantitative estimate of drug-likeness (QED) is 0.186. The maximum absolute atomic E-state index is 6.23. The summed E-state index contributed by atoms with van der Waals surface area (Å²) in [5.74, 6) is 0. The Morgan fingerprint density at radius 3 is 1.84 bits per heavy atom. The van der Waals surface area contributed by atoms with Crippen molar-refractivity contribution in [2.75, 3.05) is 0 Å². The molecule has 8 aromatic carbocycles. The van der Waals surface area contributed by atoms with Crippen molar-refractivity contribution < 1.29 is 4.42 Å². The van der Waals surface area contributed by atoms with Crippen LogP contribution in [-0.2, 0) is 0 Å². The normalized spacial score (nSPS) is 11.9. The summed E-state index contributed by atoms with van der Waals surface area (Å²) in [6.45, 7) is 0. The summed E-state index contributed by atoms with van der Waals surface area (Å²) in [6.07, 6.45) is 0. The van der Waals surface area contributed by atoms with Crippen LogP contribution in [0.1, 0.15) is 0 Å². The largest absolute Gasteiger partial charge is 0.456 e. The molecule has 3 nitrogen and oxygen atoms in total. The van der Waals surface area contributed by atoms with E-state index in [0.717, 1.165) is 38.9 Å². The van der Waals surface area contributed by atoms with Gasteiger partial charge in [0, 0.05) is 43.7 Å². The van der Waals surface area contributed by atoms with Gasteiger partial charge in [-0.25, -0.2) is 0 Å². The fraction of sp³-hybridized carbons (Fsp3) is 0. The second-order valence-electron chi connectivity index (χ2n) is 13.3. The highest BCUT2D eigenvalue weighted by Gasteiger charge is 2.21. The topological polar surface area (TPSA) is 23.0 Å². The second kappa shape index (κ2) is 10.8. The van der Waals surface area contributed by atoms with Crippen molar-refractivity contribution >= 4 is 65.6 Å². The van der Waals surface area contributed by atoms with Crippen molar-refractivity contribution in [1.82, 2.24) is 9.13 Å². The maximum Gasteiger partial charge on any atom is 0.136 e. The number of rotatable bonds is 4. The molecule has 0 saturated carbocycles. The van der Waals surface area contributed by atoms with Crippen LogP contribution in [0.25, 0.3) is 99.2 Å². The van der Waals surface area contributed by atoms with E-state index in [9.17, 15) is 0 Å². The highest BCUT2D eigenvalue weighted by atomic mass is 16.3. The van der Waals surface area contributed by atoms with Gasteiger partial charge in [0.1, 0.15) is 11.2 Å². The molecule has 0 amide bonds. The highest BCUT2D eigenvalue weighted by Crippen LogP contribution is 2.43. The number of para-hydroxylation sites is 3. The molecule has 0 unspecified atom stereocenters. The van der Waals surface area contributed by atoms with Crippen LogP contribution >= 0.6 is 0 Å². The lowest BCUT2D eigenvalue weighted by atomic mass is 9.99. The first-order valence-corrected chi connectivity index (χ1v) is 17.4. The van der Waals surface area contributed by atoms with E-state index in [1.54, 1.807) is 0 Å². The molecule has 0 N–H and O–H groups in total. The molecule has 3 heterocycles. The van der Waals surface area contributed by atoms with Crippen molar-refractivity contribution in [2.45, 2.75) is 0 Å². The third kappa shape index (κ3) is 4.12. The van der Waals surface area contributed by atoms with Gasteiger partial charge in [0.25, 0.3) is 0 Å². The summed E-state index contributed by atoms with van der Waals surface area (Å²) in [6, 6.07) is 65.5. The molecule has 11 rings (SSSR count). The van der Waals surface area contributed by atoms with Crippen LogP contribution in [0.5, 0.6) is 0 Å². The molecule has 0 spiro atoms. The van der Waals surface area contributed by atoms with Crippen LogP contribution in [-0.4, -0.2) is 9.13 Å². The van der Waals surface area contributed by atoms with Crippen LogP contribution < -0.4 is 0 Å². The van der Waals surface area contributed by atoms with Gasteiger partial charge in [-0.1, -0.05) is 127 Å². The van der Waals surface area contributed by atoms with Gasteiger partial charge >= 0.3 is 0 Å². The minimum atomic E-state index is 0.910. The predicted molar refractivity (Wildman–Crippen MR) is 213 cm³/mol. The number of hydrogen-bond acceptors (Lipinski definition) is 1. The van der Waals surface area contributed by atoms with Crippen LogP contribution in [0.4, 0.5) is 0 Å². The Morgan fingerprint density at radius 1 is 0.333 bits per heavy atom. The Morgan fingerprint density at radius 2 is 1.00 bits per heavy atom. The molecule has 0 aliphatic carbocycles. The smallest absolute Gasteiger partial charge is 0.136 e. The Kier molecular flexibility index (Phi) is 5.96. The van der Waals surface area contributed by atoms with E-state index in [2.05, 4.69) is 179 Å². The first-order chi connectivity index (χ1) is 25.3. The van der Waals surface area contributed by atoms with E-state index in [1.165, 1.54) is 60.3 Å². The number of benzene rings is 8. The lowest BCUT2D eigenvalue weighted by Crippen LogP contribution is -1.96. The molecule has 0 aliphatic rings. The monoisotopic (exact) mass is 650 g/mol. The standard InChI is InChI=1S/C48H30N2O/c1-2-12-31(13-3-1)33-14-10-15-35(30-33)49-42-21-8-5-17-39(42)47-43(49)29-28-38-37-16-4-7-20-41(37)50(48(38)47)34-26-24-32(25-27-34)36-19-11-23-45-46(36)40-18-6-9-22-44(40)51-45/h1-30H. The molecular weight excluding hydrogens is 621 g/mol. The summed E-state index contributed by atoms with van der Waals surface area (Å²) in [5, 5.41) is 7.28. The average molecular weight is 651 g/mol. The van der Waals surface area contributed by atoms with Gasteiger partial charge in [-0.2, -0.15) is 0 Å². The minimum Gasteiger partial charge on any atom is -0.456 e. The van der Waals surface area contributed by atoms with Gasteiger partial charge in [-0.15, -0.1) is 0 Å². The number of fused-ring (bicyclic) bond motifs is 10. The van der Waals surface area contributed by atoms with Gasteiger partial charge in [0.05, 0.1) is 22.1 Å². The highest BCUT2D eigenvalue weighted by molar-refractivity contribution is 6.26.